The molecule has 1 atom stereocenters. The first kappa shape index (κ1) is 18.5. The molecule has 1 aromatic carbocycles. The number of rotatable bonds is 4. The van der Waals surface area contributed by atoms with Crippen LogP contribution in [0.5, 0.6) is 0 Å². The third kappa shape index (κ3) is 3.11. The minimum absolute atomic E-state index is 0.0478. The summed E-state index contributed by atoms with van der Waals surface area (Å²) in [5.41, 5.74) is -1.01. The van der Waals surface area contributed by atoms with Crippen LogP contribution in [0, 0.1) is 23.4 Å². The summed E-state index contributed by atoms with van der Waals surface area (Å²) in [6.45, 7) is 5.91. The zero-order valence-corrected chi connectivity index (χ0v) is 15.4. The van der Waals surface area contributed by atoms with E-state index in [2.05, 4.69) is 20.4 Å². The van der Waals surface area contributed by atoms with Crippen LogP contribution in [0.4, 0.5) is 19.0 Å². The van der Waals surface area contributed by atoms with Crippen LogP contribution >= 0.6 is 11.6 Å². The molecule has 0 aliphatic rings. The summed E-state index contributed by atoms with van der Waals surface area (Å²) in [6, 6.07) is 1.19. The van der Waals surface area contributed by atoms with Crippen molar-refractivity contribution in [2.75, 3.05) is 5.32 Å². The molecule has 0 radical (unpaired) electrons. The summed E-state index contributed by atoms with van der Waals surface area (Å²) in [7, 11) is 1.93. The number of benzene rings is 1. The fraction of sp³-hybridized carbons (Fsp3) is 0.312. The average Bonchev–Trinajstić information content (AvgIpc) is 2.96. The van der Waals surface area contributed by atoms with E-state index in [0.717, 1.165) is 0 Å². The van der Waals surface area contributed by atoms with Crippen molar-refractivity contribution in [3.63, 3.8) is 0 Å². The molecule has 0 bridgehead atoms. The number of nitrogens with one attached hydrogen (secondary N) is 1. The van der Waals surface area contributed by atoms with Crippen LogP contribution in [0.3, 0.4) is 0 Å². The monoisotopic (exact) mass is 381 g/mol. The predicted molar refractivity (Wildman–Crippen MR) is 96.5 cm³/mol. The predicted octanol–water partition coefficient (Wildman–Crippen LogP) is 3.28. The van der Waals surface area contributed by atoms with Crippen molar-refractivity contribution in [1.82, 2.24) is 19.6 Å². The maximum absolute atomic E-state index is 14.4. The molecule has 0 fully saturated rings. The van der Waals surface area contributed by atoms with Gasteiger partial charge in [0.1, 0.15) is 42.6 Å². The van der Waals surface area contributed by atoms with Gasteiger partial charge in [-0.05, 0) is 12.8 Å². The van der Waals surface area contributed by atoms with Crippen LogP contribution < -0.4 is 5.32 Å². The van der Waals surface area contributed by atoms with E-state index in [0.29, 0.717) is 12.1 Å². The van der Waals surface area contributed by atoms with Gasteiger partial charge in [0.25, 0.3) is 5.78 Å². The highest BCUT2D eigenvalue weighted by molar-refractivity contribution is 6.33. The van der Waals surface area contributed by atoms with Crippen molar-refractivity contribution < 1.29 is 13.2 Å². The van der Waals surface area contributed by atoms with Gasteiger partial charge in [-0.3, -0.25) is 0 Å². The van der Waals surface area contributed by atoms with Gasteiger partial charge in [0, 0.05) is 17.6 Å². The van der Waals surface area contributed by atoms with Crippen LogP contribution in [0.25, 0.3) is 16.9 Å². The van der Waals surface area contributed by atoms with E-state index in [-0.39, 0.29) is 28.2 Å². The lowest BCUT2D eigenvalue weighted by molar-refractivity contribution is 0.501. The van der Waals surface area contributed by atoms with Crippen LogP contribution in [-0.2, 0) is 0 Å². The van der Waals surface area contributed by atoms with Crippen molar-refractivity contribution in [3.8, 4) is 11.1 Å². The molecule has 0 spiro atoms. The van der Waals surface area contributed by atoms with Gasteiger partial charge in [0.05, 0.1) is 11.1 Å². The molecule has 3 aromatic rings. The molecule has 136 valence electrons. The SMILES string of the molecule is BC(C)(Nc1c(-c2c(F)cc(F)cc2F)c(Cl)nc2ncnn12)C(C)C. The summed E-state index contributed by atoms with van der Waals surface area (Å²) in [4.78, 5) is 8.02. The Morgan fingerprint density at radius 1 is 1.19 bits per heavy atom. The standard InChI is InChI=1S/C16H16BClF3N5/c1-7(2)16(3,17)25-14-12(11-9(20)4-8(19)5-10(11)21)13(18)24-15-22-6-23-26(14)15/h4-7,25H,17H2,1-3H3. The lowest BCUT2D eigenvalue weighted by Crippen LogP contribution is -2.41. The average molecular weight is 382 g/mol. The number of hydrogen-bond acceptors (Lipinski definition) is 4. The number of hydrogen-bond donors (Lipinski definition) is 1. The number of anilines is 1. The molecule has 26 heavy (non-hydrogen) atoms. The summed E-state index contributed by atoms with van der Waals surface area (Å²) >= 11 is 6.23. The fourth-order valence-corrected chi connectivity index (χ4v) is 2.64. The van der Waals surface area contributed by atoms with Gasteiger partial charge >= 0.3 is 0 Å². The van der Waals surface area contributed by atoms with E-state index in [1.807, 2.05) is 28.6 Å². The van der Waals surface area contributed by atoms with Gasteiger partial charge in [-0.2, -0.15) is 19.6 Å². The fourth-order valence-electron chi connectivity index (χ4n) is 2.38. The van der Waals surface area contributed by atoms with Crippen LogP contribution in [0.1, 0.15) is 20.8 Å². The van der Waals surface area contributed by atoms with Gasteiger partial charge < -0.3 is 5.32 Å². The first-order chi connectivity index (χ1) is 12.1. The highest BCUT2D eigenvalue weighted by Gasteiger charge is 2.29. The minimum atomic E-state index is -1.09. The summed E-state index contributed by atoms with van der Waals surface area (Å²) in [6.07, 6.45) is 1.26. The van der Waals surface area contributed by atoms with Gasteiger partial charge in [-0.15, -0.1) is 0 Å². The first-order valence-electron chi connectivity index (χ1n) is 7.94. The second-order valence-corrected chi connectivity index (χ2v) is 7.20. The van der Waals surface area contributed by atoms with E-state index in [1.165, 1.54) is 10.8 Å². The highest BCUT2D eigenvalue weighted by Crippen LogP contribution is 2.38. The summed E-state index contributed by atoms with van der Waals surface area (Å²) in [5, 5.41) is 7.13. The molecule has 10 heteroatoms. The van der Waals surface area contributed by atoms with Gasteiger partial charge in [0.2, 0.25) is 0 Å². The van der Waals surface area contributed by atoms with Crippen LogP contribution in [0.2, 0.25) is 5.15 Å². The normalized spacial score (nSPS) is 14.0. The molecule has 2 heterocycles. The zero-order chi connectivity index (χ0) is 19.2. The minimum Gasteiger partial charge on any atom is -0.372 e. The van der Waals surface area contributed by atoms with Crippen molar-refractivity contribution in [1.29, 1.82) is 0 Å². The third-order valence-corrected chi connectivity index (χ3v) is 4.80. The highest BCUT2D eigenvalue weighted by atomic mass is 35.5. The quantitative estimate of drug-likeness (QED) is 0.557. The van der Waals surface area contributed by atoms with Crippen LogP contribution in [-0.4, -0.2) is 32.9 Å². The zero-order valence-electron chi connectivity index (χ0n) is 14.6. The number of nitrogens with zero attached hydrogens (tertiary/aromatic N) is 4. The largest absolute Gasteiger partial charge is 0.372 e. The lowest BCUT2D eigenvalue weighted by Gasteiger charge is -2.33. The first-order valence-corrected chi connectivity index (χ1v) is 8.32. The smallest absolute Gasteiger partial charge is 0.255 e. The van der Waals surface area contributed by atoms with E-state index in [4.69, 9.17) is 11.6 Å². The van der Waals surface area contributed by atoms with E-state index in [1.54, 1.807) is 0 Å². The number of aromatic nitrogens is 4. The van der Waals surface area contributed by atoms with Crippen molar-refractivity contribution in [2.45, 2.75) is 26.2 Å². The molecule has 1 N–H and O–H groups in total. The second kappa shape index (κ2) is 6.46. The van der Waals surface area contributed by atoms with Gasteiger partial charge in [-0.25, -0.2) is 13.2 Å². The molecule has 0 aliphatic heterocycles. The number of fused-ring (bicyclic) bond motifs is 1. The topological polar surface area (TPSA) is 55.1 Å². The summed E-state index contributed by atoms with van der Waals surface area (Å²) in [5.74, 6) is -2.65. The third-order valence-electron chi connectivity index (χ3n) is 4.52. The second-order valence-electron chi connectivity index (χ2n) is 6.84. The Labute approximate surface area is 154 Å². The van der Waals surface area contributed by atoms with Crippen molar-refractivity contribution in [3.05, 3.63) is 41.1 Å². The Morgan fingerprint density at radius 2 is 1.81 bits per heavy atom. The Morgan fingerprint density at radius 3 is 2.38 bits per heavy atom. The summed E-state index contributed by atoms with van der Waals surface area (Å²) < 4.78 is 43.5. The van der Waals surface area contributed by atoms with Crippen LogP contribution in [0.15, 0.2) is 18.5 Å². The van der Waals surface area contributed by atoms with E-state index < -0.39 is 28.5 Å². The molecular formula is C16H16BClF3N5. The Bertz CT molecular complexity index is 966. The maximum atomic E-state index is 14.4. The van der Waals surface area contributed by atoms with E-state index >= 15 is 0 Å². The Balaban J connectivity index is 2.36. The molecule has 0 saturated heterocycles. The lowest BCUT2D eigenvalue weighted by atomic mass is 9.71. The van der Waals surface area contributed by atoms with Gasteiger partial charge in [-0.1, -0.05) is 25.4 Å². The molecule has 3 rings (SSSR count). The van der Waals surface area contributed by atoms with Crippen molar-refractivity contribution >= 4 is 31.0 Å². The van der Waals surface area contributed by atoms with Gasteiger partial charge in [0.15, 0.2) is 0 Å². The Kier molecular flexibility index (Phi) is 4.60. The maximum Gasteiger partial charge on any atom is 0.255 e. The molecule has 0 saturated carbocycles. The molecular weight excluding hydrogens is 365 g/mol. The molecule has 0 aliphatic carbocycles. The Hall–Kier alpha value is -2.29. The molecule has 2 aromatic heterocycles. The molecule has 5 nitrogen and oxygen atoms in total. The van der Waals surface area contributed by atoms with Crippen molar-refractivity contribution in [2.24, 2.45) is 5.92 Å². The van der Waals surface area contributed by atoms with E-state index in [9.17, 15) is 13.2 Å². The number of halogens is 4. The molecule has 1 unspecified atom stereocenters. The molecule has 0 amide bonds.